The van der Waals surface area contributed by atoms with Crippen molar-refractivity contribution >= 4 is 11.6 Å². The first-order valence-electron chi connectivity index (χ1n) is 5.55. The number of amides is 1. The van der Waals surface area contributed by atoms with Gasteiger partial charge in [0.1, 0.15) is 0 Å². The molecule has 0 aliphatic carbocycles. The molecule has 1 aromatic rings. The van der Waals surface area contributed by atoms with Gasteiger partial charge in [-0.3, -0.25) is 4.79 Å². The minimum absolute atomic E-state index is 0.0111. The van der Waals surface area contributed by atoms with Crippen LogP contribution in [0.15, 0.2) is 24.3 Å². The number of nitrogens with two attached hydrogens (primary N) is 2. The number of anilines is 1. The molecule has 16 heavy (non-hydrogen) atoms. The van der Waals surface area contributed by atoms with Gasteiger partial charge in [0.05, 0.1) is 0 Å². The molecule has 0 aromatic heterocycles. The lowest BCUT2D eigenvalue weighted by molar-refractivity contribution is -0.116. The van der Waals surface area contributed by atoms with Crippen LogP contribution in [-0.4, -0.2) is 19.0 Å². The summed E-state index contributed by atoms with van der Waals surface area (Å²) in [5.74, 6) is 0.0111. The number of carbonyl (C=O) groups excluding carboxylic acids is 1. The van der Waals surface area contributed by atoms with E-state index in [4.69, 9.17) is 11.5 Å². The fraction of sp³-hybridized carbons (Fsp3) is 0.417. The van der Waals surface area contributed by atoms with Gasteiger partial charge in [-0.1, -0.05) is 12.1 Å². The van der Waals surface area contributed by atoms with Crippen molar-refractivity contribution in [1.29, 1.82) is 0 Å². The highest BCUT2D eigenvalue weighted by Gasteiger charge is 2.01. The van der Waals surface area contributed by atoms with E-state index in [2.05, 4.69) is 5.32 Å². The van der Waals surface area contributed by atoms with Gasteiger partial charge in [-0.15, -0.1) is 0 Å². The van der Waals surface area contributed by atoms with Crippen molar-refractivity contribution in [2.75, 3.05) is 18.4 Å². The second-order valence-electron chi connectivity index (χ2n) is 3.68. The van der Waals surface area contributed by atoms with Gasteiger partial charge in [-0.2, -0.15) is 0 Å². The lowest BCUT2D eigenvalue weighted by Gasteiger charge is -2.05. The summed E-state index contributed by atoms with van der Waals surface area (Å²) in [4.78, 5) is 11.4. The molecular weight excluding hydrogens is 202 g/mol. The van der Waals surface area contributed by atoms with E-state index in [1.165, 1.54) is 5.56 Å². The molecule has 0 unspecified atom stereocenters. The Kier molecular flexibility index (Phi) is 5.53. The van der Waals surface area contributed by atoms with Crippen LogP contribution in [0, 0.1) is 0 Å². The second kappa shape index (κ2) is 6.98. The minimum Gasteiger partial charge on any atom is -0.330 e. The Morgan fingerprint density at radius 2 is 1.81 bits per heavy atom. The summed E-state index contributed by atoms with van der Waals surface area (Å²) in [7, 11) is 0. The highest BCUT2D eigenvalue weighted by molar-refractivity contribution is 5.90. The lowest BCUT2D eigenvalue weighted by Crippen LogP contribution is -2.13. The van der Waals surface area contributed by atoms with Crippen LogP contribution < -0.4 is 16.8 Å². The van der Waals surface area contributed by atoms with Crippen LogP contribution in [0.2, 0.25) is 0 Å². The summed E-state index contributed by atoms with van der Waals surface area (Å²) >= 11 is 0. The average Bonchev–Trinajstić information content (AvgIpc) is 2.29. The first-order valence-corrected chi connectivity index (χ1v) is 5.55. The van der Waals surface area contributed by atoms with Crippen LogP contribution in [0.3, 0.4) is 0 Å². The summed E-state index contributed by atoms with van der Waals surface area (Å²) in [5, 5.41) is 2.82. The number of hydrogen-bond donors (Lipinski definition) is 3. The smallest absolute Gasteiger partial charge is 0.224 e. The summed E-state index contributed by atoms with van der Waals surface area (Å²) in [6.45, 7) is 1.19. The van der Waals surface area contributed by atoms with E-state index in [0.717, 1.165) is 18.5 Å². The molecule has 0 bridgehead atoms. The Balaban J connectivity index is 2.45. The Hall–Kier alpha value is -1.39. The fourth-order valence-corrected chi connectivity index (χ4v) is 1.41. The minimum atomic E-state index is 0.0111. The second-order valence-corrected chi connectivity index (χ2v) is 3.68. The van der Waals surface area contributed by atoms with E-state index in [0.29, 0.717) is 19.5 Å². The number of benzene rings is 1. The highest BCUT2D eigenvalue weighted by atomic mass is 16.1. The molecule has 0 saturated carbocycles. The van der Waals surface area contributed by atoms with Gasteiger partial charge in [-0.05, 0) is 43.6 Å². The van der Waals surface area contributed by atoms with Gasteiger partial charge in [0.15, 0.2) is 0 Å². The standard InChI is InChI=1S/C12H19N3O/c13-8-1-2-12(16)15-11-5-3-10(4-6-11)7-9-14/h3-6H,1-2,7-9,13-14H2,(H,15,16). The van der Waals surface area contributed by atoms with Crippen molar-refractivity contribution in [3.63, 3.8) is 0 Å². The molecule has 0 aliphatic heterocycles. The van der Waals surface area contributed by atoms with Crippen molar-refractivity contribution < 1.29 is 4.79 Å². The van der Waals surface area contributed by atoms with Crippen LogP contribution >= 0.6 is 0 Å². The number of rotatable bonds is 6. The molecule has 0 radical (unpaired) electrons. The van der Waals surface area contributed by atoms with Crippen molar-refractivity contribution in [3.8, 4) is 0 Å². The summed E-state index contributed by atoms with van der Waals surface area (Å²) in [5.41, 5.74) is 12.8. The van der Waals surface area contributed by atoms with Crippen LogP contribution in [0.1, 0.15) is 18.4 Å². The maximum absolute atomic E-state index is 11.4. The summed E-state index contributed by atoms with van der Waals surface area (Å²) in [6, 6.07) is 7.74. The highest BCUT2D eigenvalue weighted by Crippen LogP contribution is 2.10. The van der Waals surface area contributed by atoms with Crippen molar-refractivity contribution in [2.45, 2.75) is 19.3 Å². The zero-order valence-corrected chi connectivity index (χ0v) is 9.41. The molecule has 0 saturated heterocycles. The van der Waals surface area contributed by atoms with Gasteiger partial charge in [-0.25, -0.2) is 0 Å². The van der Waals surface area contributed by atoms with Gasteiger partial charge in [0.25, 0.3) is 0 Å². The van der Waals surface area contributed by atoms with Crippen LogP contribution in [-0.2, 0) is 11.2 Å². The Bertz CT molecular complexity index is 322. The molecule has 0 heterocycles. The zero-order chi connectivity index (χ0) is 11.8. The first-order chi connectivity index (χ1) is 7.76. The molecule has 5 N–H and O–H groups in total. The van der Waals surface area contributed by atoms with E-state index in [-0.39, 0.29) is 5.91 Å². The van der Waals surface area contributed by atoms with Crippen LogP contribution in [0.4, 0.5) is 5.69 Å². The third-order valence-electron chi connectivity index (χ3n) is 2.28. The number of hydrogen-bond acceptors (Lipinski definition) is 3. The molecule has 4 heteroatoms. The van der Waals surface area contributed by atoms with Crippen LogP contribution in [0.5, 0.6) is 0 Å². The average molecular weight is 221 g/mol. The third kappa shape index (κ3) is 4.42. The van der Waals surface area contributed by atoms with E-state index in [1.807, 2.05) is 24.3 Å². The normalized spacial score (nSPS) is 10.1. The topological polar surface area (TPSA) is 81.1 Å². The predicted octanol–water partition coefficient (Wildman–Crippen LogP) is 0.865. The monoisotopic (exact) mass is 221 g/mol. The third-order valence-corrected chi connectivity index (χ3v) is 2.28. The van der Waals surface area contributed by atoms with Crippen LogP contribution in [0.25, 0.3) is 0 Å². The number of nitrogens with one attached hydrogen (secondary N) is 1. The predicted molar refractivity (Wildman–Crippen MR) is 66.1 cm³/mol. The zero-order valence-electron chi connectivity index (χ0n) is 9.41. The molecule has 0 fully saturated rings. The van der Waals surface area contributed by atoms with E-state index in [9.17, 15) is 4.79 Å². The summed E-state index contributed by atoms with van der Waals surface area (Å²) < 4.78 is 0. The molecule has 1 amide bonds. The molecule has 0 aliphatic rings. The maximum atomic E-state index is 11.4. The van der Waals surface area contributed by atoms with Crippen molar-refractivity contribution in [1.82, 2.24) is 0 Å². The van der Waals surface area contributed by atoms with Gasteiger partial charge in [0.2, 0.25) is 5.91 Å². The van der Waals surface area contributed by atoms with Gasteiger partial charge >= 0.3 is 0 Å². The SMILES string of the molecule is NCCCC(=O)Nc1ccc(CCN)cc1. The number of carbonyl (C=O) groups is 1. The molecule has 4 nitrogen and oxygen atoms in total. The summed E-state index contributed by atoms with van der Waals surface area (Å²) in [6.07, 6.45) is 2.06. The quantitative estimate of drug-likeness (QED) is 0.666. The fourth-order valence-electron chi connectivity index (χ4n) is 1.41. The molecule has 1 rings (SSSR count). The van der Waals surface area contributed by atoms with E-state index < -0.39 is 0 Å². The maximum Gasteiger partial charge on any atom is 0.224 e. The lowest BCUT2D eigenvalue weighted by atomic mass is 10.1. The van der Waals surface area contributed by atoms with Gasteiger partial charge in [0, 0.05) is 12.1 Å². The molecule has 0 atom stereocenters. The van der Waals surface area contributed by atoms with Crippen molar-refractivity contribution in [2.24, 2.45) is 11.5 Å². The Morgan fingerprint density at radius 1 is 1.12 bits per heavy atom. The Labute approximate surface area is 96.0 Å². The molecule has 88 valence electrons. The first kappa shape index (κ1) is 12.7. The van der Waals surface area contributed by atoms with Crippen molar-refractivity contribution in [3.05, 3.63) is 29.8 Å². The largest absolute Gasteiger partial charge is 0.330 e. The molecule has 1 aromatic carbocycles. The van der Waals surface area contributed by atoms with E-state index >= 15 is 0 Å². The Morgan fingerprint density at radius 3 is 2.38 bits per heavy atom. The van der Waals surface area contributed by atoms with Gasteiger partial charge < -0.3 is 16.8 Å². The van der Waals surface area contributed by atoms with E-state index in [1.54, 1.807) is 0 Å². The molecular formula is C12H19N3O. The molecule has 0 spiro atoms.